The van der Waals surface area contributed by atoms with E-state index in [0.717, 1.165) is 22.2 Å². The summed E-state index contributed by atoms with van der Waals surface area (Å²) in [5.41, 5.74) is 1.82. The Morgan fingerprint density at radius 3 is 2.64 bits per heavy atom. The van der Waals surface area contributed by atoms with Gasteiger partial charge in [0.1, 0.15) is 5.75 Å². The summed E-state index contributed by atoms with van der Waals surface area (Å²) in [7, 11) is 0. The second-order valence-corrected chi connectivity index (χ2v) is 7.26. The van der Waals surface area contributed by atoms with Gasteiger partial charge in [-0.3, -0.25) is 4.57 Å². The number of thioether (sulfide) groups is 1. The first-order valence-corrected chi connectivity index (χ1v) is 10.3. The van der Waals surface area contributed by atoms with Gasteiger partial charge in [-0.25, -0.2) is 0 Å². The van der Waals surface area contributed by atoms with Gasteiger partial charge in [0.25, 0.3) is 0 Å². The molecule has 3 aromatic rings. The maximum Gasteiger partial charge on any atom is 0.196 e. The van der Waals surface area contributed by atoms with E-state index < -0.39 is 0 Å². The zero-order chi connectivity index (χ0) is 19.8. The summed E-state index contributed by atoms with van der Waals surface area (Å²) in [5, 5.41) is 19.0. The number of nitrogens with zero attached hydrogens (tertiary/aromatic N) is 3. The molecule has 8 heteroatoms. The smallest absolute Gasteiger partial charge is 0.196 e. The lowest BCUT2D eigenvalue weighted by molar-refractivity contribution is 0.103. The molecule has 3 rings (SSSR count). The van der Waals surface area contributed by atoms with E-state index in [-0.39, 0.29) is 6.61 Å². The highest BCUT2D eigenvalue weighted by atomic mass is 35.5. The van der Waals surface area contributed by atoms with Gasteiger partial charge in [0.2, 0.25) is 0 Å². The predicted octanol–water partition coefficient (Wildman–Crippen LogP) is 4.09. The summed E-state index contributed by atoms with van der Waals surface area (Å²) in [6.07, 6.45) is 0. The number of rotatable bonds is 10. The van der Waals surface area contributed by atoms with Gasteiger partial charge >= 0.3 is 0 Å². The second-order valence-electron chi connectivity index (χ2n) is 5.76. The van der Waals surface area contributed by atoms with Gasteiger partial charge in [-0.1, -0.05) is 35.5 Å². The fourth-order valence-electron chi connectivity index (χ4n) is 2.63. The van der Waals surface area contributed by atoms with Crippen LogP contribution in [0.1, 0.15) is 6.92 Å². The molecule has 0 fully saturated rings. The van der Waals surface area contributed by atoms with Crippen LogP contribution in [0.25, 0.3) is 17.1 Å². The van der Waals surface area contributed by atoms with E-state index in [4.69, 9.17) is 26.2 Å². The van der Waals surface area contributed by atoms with Crippen LogP contribution >= 0.6 is 23.4 Å². The molecule has 1 heterocycles. The van der Waals surface area contributed by atoms with Crippen molar-refractivity contribution in [2.45, 2.75) is 12.1 Å². The van der Waals surface area contributed by atoms with Gasteiger partial charge in [0, 0.05) is 22.0 Å². The van der Waals surface area contributed by atoms with Gasteiger partial charge in [-0.05, 0) is 43.3 Å². The molecule has 6 nitrogen and oxygen atoms in total. The molecule has 0 saturated carbocycles. The Labute approximate surface area is 173 Å². The quantitative estimate of drug-likeness (QED) is 0.394. The molecule has 0 radical (unpaired) electrons. The van der Waals surface area contributed by atoms with Gasteiger partial charge < -0.3 is 14.6 Å². The van der Waals surface area contributed by atoms with E-state index in [9.17, 15) is 0 Å². The SMILES string of the molecule is CCOc1ccc(-n2c(SCCOCCO)nnc2-c2cccc(Cl)c2)cc1. The molecule has 0 spiro atoms. The number of benzene rings is 2. The van der Waals surface area contributed by atoms with E-state index in [1.165, 1.54) is 0 Å². The lowest BCUT2D eigenvalue weighted by Crippen LogP contribution is -2.04. The van der Waals surface area contributed by atoms with E-state index in [1.807, 2.05) is 60.0 Å². The predicted molar refractivity (Wildman–Crippen MR) is 112 cm³/mol. The summed E-state index contributed by atoms with van der Waals surface area (Å²) in [6.45, 7) is 3.45. The first-order valence-electron chi connectivity index (χ1n) is 8.99. The number of aliphatic hydroxyl groups excluding tert-OH is 1. The standard InChI is InChI=1S/C20H22ClN3O3S/c1-2-27-18-8-6-17(7-9-18)24-19(15-4-3-5-16(21)14-15)22-23-20(24)28-13-12-26-11-10-25/h3-9,14,25H,2,10-13H2,1H3. The van der Waals surface area contributed by atoms with Crippen LogP contribution in [0.2, 0.25) is 5.02 Å². The fourth-order valence-corrected chi connectivity index (χ4v) is 3.62. The lowest BCUT2D eigenvalue weighted by atomic mass is 10.2. The number of aliphatic hydroxyl groups is 1. The van der Waals surface area contributed by atoms with Crippen LogP contribution in [0.5, 0.6) is 5.75 Å². The average Bonchev–Trinajstić information content (AvgIpc) is 3.13. The highest BCUT2D eigenvalue weighted by Gasteiger charge is 2.16. The van der Waals surface area contributed by atoms with Crippen LogP contribution < -0.4 is 4.74 Å². The van der Waals surface area contributed by atoms with Crippen LogP contribution in [-0.2, 0) is 4.74 Å². The van der Waals surface area contributed by atoms with Crippen LogP contribution in [0.4, 0.5) is 0 Å². The molecular formula is C20H22ClN3O3S. The highest BCUT2D eigenvalue weighted by Crippen LogP contribution is 2.30. The Morgan fingerprint density at radius 1 is 1.11 bits per heavy atom. The number of aromatic nitrogens is 3. The van der Waals surface area contributed by atoms with Crippen molar-refractivity contribution >= 4 is 23.4 Å². The highest BCUT2D eigenvalue weighted by molar-refractivity contribution is 7.99. The summed E-state index contributed by atoms with van der Waals surface area (Å²) < 4.78 is 12.9. The minimum Gasteiger partial charge on any atom is -0.494 e. The summed E-state index contributed by atoms with van der Waals surface area (Å²) in [5.74, 6) is 2.23. The second kappa shape index (κ2) is 10.5. The Balaban J connectivity index is 1.92. The zero-order valence-corrected chi connectivity index (χ0v) is 17.1. The molecular weight excluding hydrogens is 398 g/mol. The maximum atomic E-state index is 8.81. The minimum atomic E-state index is 0.0198. The van der Waals surface area contributed by atoms with Crippen LogP contribution in [0, 0.1) is 0 Å². The fraction of sp³-hybridized carbons (Fsp3) is 0.300. The van der Waals surface area contributed by atoms with Crippen molar-refractivity contribution in [3.8, 4) is 22.8 Å². The van der Waals surface area contributed by atoms with E-state index >= 15 is 0 Å². The van der Waals surface area contributed by atoms with Gasteiger partial charge in [-0.15, -0.1) is 10.2 Å². The number of hydrogen-bond donors (Lipinski definition) is 1. The molecule has 0 aliphatic rings. The van der Waals surface area contributed by atoms with Crippen molar-refractivity contribution in [3.63, 3.8) is 0 Å². The Kier molecular flexibility index (Phi) is 7.73. The molecule has 0 aliphatic heterocycles. The van der Waals surface area contributed by atoms with E-state index in [0.29, 0.717) is 36.4 Å². The van der Waals surface area contributed by atoms with Crippen molar-refractivity contribution in [3.05, 3.63) is 53.6 Å². The molecule has 1 aromatic heterocycles. The largest absolute Gasteiger partial charge is 0.494 e. The Bertz CT molecular complexity index is 887. The summed E-state index contributed by atoms with van der Waals surface area (Å²) >= 11 is 7.72. The topological polar surface area (TPSA) is 69.4 Å². The van der Waals surface area contributed by atoms with Crippen LogP contribution in [0.3, 0.4) is 0 Å². The normalized spacial score (nSPS) is 11.0. The first-order chi connectivity index (χ1) is 13.7. The maximum absolute atomic E-state index is 8.81. The molecule has 0 aliphatic carbocycles. The third-order valence-electron chi connectivity index (χ3n) is 3.82. The number of halogens is 1. The van der Waals surface area contributed by atoms with Crippen molar-refractivity contribution in [1.82, 2.24) is 14.8 Å². The zero-order valence-electron chi connectivity index (χ0n) is 15.5. The summed E-state index contributed by atoms with van der Waals surface area (Å²) in [6, 6.07) is 15.4. The molecule has 2 aromatic carbocycles. The van der Waals surface area contributed by atoms with Crippen LogP contribution in [-0.4, -0.2) is 52.1 Å². The van der Waals surface area contributed by atoms with Crippen molar-refractivity contribution in [2.75, 3.05) is 32.2 Å². The van der Waals surface area contributed by atoms with Crippen molar-refractivity contribution in [1.29, 1.82) is 0 Å². The van der Waals surface area contributed by atoms with Gasteiger partial charge in [0.15, 0.2) is 11.0 Å². The number of hydrogen-bond acceptors (Lipinski definition) is 6. The van der Waals surface area contributed by atoms with Gasteiger partial charge in [0.05, 0.1) is 26.4 Å². The Morgan fingerprint density at radius 2 is 1.93 bits per heavy atom. The molecule has 1 N–H and O–H groups in total. The van der Waals surface area contributed by atoms with Crippen molar-refractivity contribution in [2.24, 2.45) is 0 Å². The van der Waals surface area contributed by atoms with Crippen molar-refractivity contribution < 1.29 is 14.6 Å². The number of ether oxygens (including phenoxy) is 2. The van der Waals surface area contributed by atoms with E-state index in [2.05, 4.69) is 10.2 Å². The first kappa shape index (κ1) is 20.7. The average molecular weight is 420 g/mol. The molecule has 0 bridgehead atoms. The van der Waals surface area contributed by atoms with Crippen LogP contribution in [0.15, 0.2) is 53.7 Å². The Hall–Kier alpha value is -2.06. The summed E-state index contributed by atoms with van der Waals surface area (Å²) in [4.78, 5) is 0. The lowest BCUT2D eigenvalue weighted by Gasteiger charge is -2.12. The molecule has 0 unspecified atom stereocenters. The third-order valence-corrected chi connectivity index (χ3v) is 4.94. The third kappa shape index (κ3) is 5.26. The molecule has 0 saturated heterocycles. The minimum absolute atomic E-state index is 0.0198. The molecule has 28 heavy (non-hydrogen) atoms. The van der Waals surface area contributed by atoms with E-state index in [1.54, 1.807) is 11.8 Å². The molecule has 148 valence electrons. The molecule has 0 atom stereocenters. The molecule has 0 amide bonds. The monoisotopic (exact) mass is 419 g/mol. The van der Waals surface area contributed by atoms with Gasteiger partial charge in [-0.2, -0.15) is 0 Å².